The van der Waals surface area contributed by atoms with Crippen LogP contribution in [0.5, 0.6) is 5.75 Å². The summed E-state index contributed by atoms with van der Waals surface area (Å²) in [6, 6.07) is 7.44. The molecule has 2 aromatic heterocycles. The number of rotatable bonds is 8. The fraction of sp³-hybridized carbons (Fsp3) is 0.261. The molecule has 36 heavy (non-hydrogen) atoms. The van der Waals surface area contributed by atoms with Crippen molar-refractivity contribution in [1.82, 2.24) is 24.7 Å². The Labute approximate surface area is 211 Å². The average molecular weight is 536 g/mol. The second kappa shape index (κ2) is 9.88. The molecule has 0 amide bonds. The fourth-order valence-electron chi connectivity index (χ4n) is 4.09. The lowest BCUT2D eigenvalue weighted by Crippen LogP contribution is -2.33. The monoisotopic (exact) mass is 535 g/mol. The summed E-state index contributed by atoms with van der Waals surface area (Å²) in [4.78, 5) is 11.5. The number of ether oxygens (including phenoxy) is 1. The number of aromatic nitrogens is 4. The zero-order valence-electron chi connectivity index (χ0n) is 19.7. The van der Waals surface area contributed by atoms with E-state index in [0.717, 1.165) is 0 Å². The Kier molecular flexibility index (Phi) is 7.03. The maximum Gasteiger partial charge on any atom is 0.434 e. The number of benzene rings is 2. The molecule has 0 radical (unpaired) electrons. The summed E-state index contributed by atoms with van der Waals surface area (Å²) in [5.74, 6) is -2.57. The molecule has 2 unspecified atom stereocenters. The van der Waals surface area contributed by atoms with Gasteiger partial charge in [-0.1, -0.05) is 18.5 Å². The van der Waals surface area contributed by atoms with E-state index in [1.165, 1.54) is 31.4 Å². The quantitative estimate of drug-likeness (QED) is 0.351. The predicted octanol–water partition coefficient (Wildman–Crippen LogP) is 3.70. The van der Waals surface area contributed by atoms with Gasteiger partial charge in [-0.2, -0.15) is 9.82 Å². The van der Waals surface area contributed by atoms with Crippen LogP contribution in [0.1, 0.15) is 35.9 Å². The normalized spacial score (nSPS) is 13.5. The number of sulfonamides is 1. The highest BCUT2D eigenvalue weighted by atomic mass is 35.5. The van der Waals surface area contributed by atoms with Gasteiger partial charge in [-0.05, 0) is 48.4 Å². The highest BCUT2D eigenvalue weighted by molar-refractivity contribution is 7.89. The Morgan fingerprint density at radius 3 is 2.61 bits per heavy atom. The van der Waals surface area contributed by atoms with E-state index in [2.05, 4.69) is 20.0 Å². The number of hydrogen-bond acceptors (Lipinski definition) is 7. The summed E-state index contributed by atoms with van der Waals surface area (Å²) >= 11 is 5.97. The van der Waals surface area contributed by atoms with Crippen molar-refractivity contribution in [2.45, 2.75) is 30.7 Å². The molecule has 2 N–H and O–H groups in total. The molecule has 2 atom stereocenters. The first-order valence-electron chi connectivity index (χ1n) is 10.7. The lowest BCUT2D eigenvalue weighted by atomic mass is 9.87. The number of H-pyrrole nitrogens is 1. The first-order chi connectivity index (χ1) is 17.0. The number of nitrogens with zero attached hydrogens (tertiary/aromatic N) is 3. The first-order valence-corrected chi connectivity index (χ1v) is 12.6. The Bertz CT molecular complexity index is 1580. The Morgan fingerprint density at radius 2 is 2.00 bits per heavy atom. The molecule has 190 valence electrons. The van der Waals surface area contributed by atoms with Crippen LogP contribution in [-0.4, -0.2) is 35.5 Å². The largest absolute Gasteiger partial charge is 0.495 e. The second-order valence-corrected chi connectivity index (χ2v) is 10.3. The number of hydrogen-bond donors (Lipinski definition) is 2. The van der Waals surface area contributed by atoms with Crippen molar-refractivity contribution in [3.63, 3.8) is 0 Å². The van der Waals surface area contributed by atoms with E-state index in [1.54, 1.807) is 43.9 Å². The smallest absolute Gasteiger partial charge is 0.434 e. The van der Waals surface area contributed by atoms with E-state index in [0.29, 0.717) is 16.8 Å². The van der Waals surface area contributed by atoms with Crippen molar-refractivity contribution < 1.29 is 22.0 Å². The molecule has 4 aromatic rings. The number of nitrogens with one attached hydrogen (secondary N) is 2. The van der Waals surface area contributed by atoms with E-state index in [9.17, 15) is 13.2 Å². The molecule has 0 bridgehead atoms. The van der Waals surface area contributed by atoms with Crippen molar-refractivity contribution in [1.29, 1.82) is 0 Å². The van der Waals surface area contributed by atoms with Crippen LogP contribution in [-0.2, 0) is 17.1 Å². The van der Waals surface area contributed by atoms with Gasteiger partial charge in [0.15, 0.2) is 0 Å². The van der Waals surface area contributed by atoms with E-state index in [1.807, 2.05) is 0 Å². The van der Waals surface area contributed by atoms with E-state index >= 15 is 4.39 Å². The highest BCUT2D eigenvalue weighted by Crippen LogP contribution is 2.38. The number of methoxy groups -OCH3 is 1. The molecule has 0 saturated carbocycles. The van der Waals surface area contributed by atoms with E-state index in [-0.39, 0.29) is 27.1 Å². The van der Waals surface area contributed by atoms with Crippen LogP contribution in [0.4, 0.5) is 4.39 Å². The topological polar surface area (TPSA) is 132 Å². The van der Waals surface area contributed by atoms with E-state index in [4.69, 9.17) is 20.8 Å². The van der Waals surface area contributed by atoms with Gasteiger partial charge in [-0.15, -0.1) is 5.10 Å². The molecule has 10 nitrogen and oxygen atoms in total. The van der Waals surface area contributed by atoms with Gasteiger partial charge in [-0.3, -0.25) is 4.68 Å². The van der Waals surface area contributed by atoms with Crippen molar-refractivity contribution >= 4 is 21.6 Å². The molecule has 0 saturated heterocycles. The van der Waals surface area contributed by atoms with Crippen LogP contribution in [0.2, 0.25) is 5.02 Å². The molecule has 0 fully saturated rings. The van der Waals surface area contributed by atoms with Crippen LogP contribution >= 0.6 is 11.6 Å². The van der Waals surface area contributed by atoms with Crippen molar-refractivity contribution in [3.8, 4) is 17.0 Å². The summed E-state index contributed by atoms with van der Waals surface area (Å²) in [6.45, 7) is 3.32. The maximum absolute atomic E-state index is 15.2. The molecule has 0 aliphatic heterocycles. The zero-order chi connectivity index (χ0) is 26.2. The van der Waals surface area contributed by atoms with Crippen LogP contribution in [0.25, 0.3) is 11.3 Å². The highest BCUT2D eigenvalue weighted by Gasteiger charge is 2.34. The van der Waals surface area contributed by atoms with Gasteiger partial charge in [-0.25, -0.2) is 22.7 Å². The third-order valence-electron chi connectivity index (χ3n) is 5.82. The van der Waals surface area contributed by atoms with Gasteiger partial charge >= 0.3 is 5.76 Å². The summed E-state index contributed by atoms with van der Waals surface area (Å²) in [6.07, 6.45) is 1.76. The van der Waals surface area contributed by atoms with Crippen LogP contribution in [0.15, 0.2) is 56.7 Å². The molecule has 4 rings (SSSR count). The third-order valence-corrected chi connectivity index (χ3v) is 7.54. The zero-order valence-corrected chi connectivity index (χ0v) is 21.3. The minimum absolute atomic E-state index is 0.00407. The first kappa shape index (κ1) is 25.6. The Balaban J connectivity index is 1.82. The van der Waals surface area contributed by atoms with Gasteiger partial charge in [0, 0.05) is 35.8 Å². The van der Waals surface area contributed by atoms with Gasteiger partial charge in [0.25, 0.3) is 0 Å². The average Bonchev–Trinajstić information content (AvgIpc) is 3.45. The predicted molar refractivity (Wildman–Crippen MR) is 130 cm³/mol. The maximum atomic E-state index is 15.2. The second-order valence-electron chi connectivity index (χ2n) is 8.14. The number of halogens is 2. The summed E-state index contributed by atoms with van der Waals surface area (Å²) < 4.78 is 56.5. The molecule has 2 heterocycles. The third kappa shape index (κ3) is 4.92. The summed E-state index contributed by atoms with van der Waals surface area (Å²) in [7, 11) is -1.21. The Morgan fingerprint density at radius 1 is 1.25 bits per heavy atom. The SMILES string of the molecule is COc1cc(Cl)ccc1S(=O)(=O)NC(c1n[nH]c(=O)o1)C(C)c1c(F)ccc(-c2ccn(C)n2)c1C. The van der Waals surface area contributed by atoms with E-state index < -0.39 is 33.6 Å². The van der Waals surface area contributed by atoms with Crippen molar-refractivity contribution in [2.75, 3.05) is 7.11 Å². The summed E-state index contributed by atoms with van der Waals surface area (Å²) in [5.41, 5.74) is 2.05. The molecule has 0 aliphatic rings. The van der Waals surface area contributed by atoms with Gasteiger partial charge in [0.1, 0.15) is 22.5 Å². The minimum atomic E-state index is -4.28. The minimum Gasteiger partial charge on any atom is -0.495 e. The number of aryl methyl sites for hydroxylation is 1. The number of aromatic amines is 1. The molecular weight excluding hydrogens is 513 g/mol. The molecular formula is C23H23ClFN5O5S. The van der Waals surface area contributed by atoms with Crippen molar-refractivity contribution in [3.05, 3.63) is 81.0 Å². The molecule has 2 aromatic carbocycles. The van der Waals surface area contributed by atoms with Crippen molar-refractivity contribution in [2.24, 2.45) is 7.05 Å². The van der Waals surface area contributed by atoms with Crippen LogP contribution in [0, 0.1) is 12.7 Å². The summed E-state index contributed by atoms with van der Waals surface area (Å²) in [5, 5.41) is 10.6. The fourth-order valence-corrected chi connectivity index (χ4v) is 5.67. The van der Waals surface area contributed by atoms with Crippen LogP contribution in [0.3, 0.4) is 0 Å². The lowest BCUT2D eigenvalue weighted by Gasteiger charge is -2.25. The lowest BCUT2D eigenvalue weighted by molar-refractivity contribution is 0.374. The molecule has 13 heteroatoms. The van der Waals surface area contributed by atoms with Crippen LogP contribution < -0.4 is 15.2 Å². The standard InChI is InChI=1S/C23H23ClFN5O5S/c1-12-15(17-9-10-30(3)28-17)6-7-16(25)20(12)13(2)21(22-26-27-23(31)35-22)29-36(32,33)19-8-5-14(24)11-18(19)34-4/h5-11,13,21,29H,1-4H3,(H,27,31). The molecule has 0 aliphatic carbocycles. The van der Waals surface area contributed by atoms with Gasteiger partial charge in [0.2, 0.25) is 15.9 Å². The Hall–Kier alpha value is -3.48. The molecule has 0 spiro atoms. The van der Waals surface area contributed by atoms with Gasteiger partial charge < -0.3 is 9.15 Å². The van der Waals surface area contributed by atoms with Gasteiger partial charge in [0.05, 0.1) is 12.8 Å².